The maximum atomic E-state index is 12.5. The summed E-state index contributed by atoms with van der Waals surface area (Å²) in [6.45, 7) is 2.87. The molecule has 2 amide bonds. The average molecular weight is 298 g/mol. The molecule has 22 heavy (non-hydrogen) atoms. The number of carbonyl (C=O) groups is 2. The Kier molecular flexibility index (Phi) is 3.96. The van der Waals surface area contributed by atoms with Gasteiger partial charge < -0.3 is 14.6 Å². The van der Waals surface area contributed by atoms with Crippen LogP contribution in [0.2, 0.25) is 0 Å². The fourth-order valence-corrected chi connectivity index (χ4v) is 2.78. The molecule has 0 saturated carbocycles. The largest absolute Gasteiger partial charge is 0.469 e. The van der Waals surface area contributed by atoms with E-state index in [2.05, 4.69) is 5.32 Å². The lowest BCUT2D eigenvalue weighted by atomic mass is 10.1. The Balaban J connectivity index is 1.65. The Hall–Kier alpha value is -2.56. The summed E-state index contributed by atoms with van der Waals surface area (Å²) < 4.78 is 5.43. The second-order valence-corrected chi connectivity index (χ2v) is 5.51. The van der Waals surface area contributed by atoms with Crippen LogP contribution in [-0.2, 0) is 4.79 Å². The van der Waals surface area contributed by atoms with Crippen LogP contribution in [0.1, 0.15) is 35.4 Å². The number of hydrogen-bond donors (Lipinski definition) is 1. The molecule has 2 heterocycles. The molecule has 1 N–H and O–H groups in total. The van der Waals surface area contributed by atoms with Crippen LogP contribution in [0.4, 0.5) is 5.69 Å². The van der Waals surface area contributed by atoms with Crippen molar-refractivity contribution in [1.82, 2.24) is 4.90 Å². The molecule has 1 atom stereocenters. The third kappa shape index (κ3) is 3.03. The first-order chi connectivity index (χ1) is 10.6. The maximum absolute atomic E-state index is 12.5. The molecule has 1 aliphatic heterocycles. The first-order valence-corrected chi connectivity index (χ1v) is 7.34. The van der Waals surface area contributed by atoms with Crippen molar-refractivity contribution in [2.24, 2.45) is 0 Å². The lowest BCUT2D eigenvalue weighted by Crippen LogP contribution is -2.28. The molecule has 0 bridgehead atoms. The number of nitrogens with zero attached hydrogens (tertiary/aromatic N) is 1. The quantitative estimate of drug-likeness (QED) is 0.947. The van der Waals surface area contributed by atoms with Gasteiger partial charge in [0.2, 0.25) is 5.91 Å². The molecule has 0 aliphatic carbocycles. The smallest absolute Gasteiger partial charge is 0.253 e. The molecule has 1 aromatic carbocycles. The molecule has 2 aromatic rings. The predicted octanol–water partition coefficient (Wildman–Crippen LogP) is 2.87. The van der Waals surface area contributed by atoms with E-state index in [9.17, 15) is 9.59 Å². The third-order valence-electron chi connectivity index (χ3n) is 3.87. The number of likely N-dealkylation sites (tertiary alicyclic amines) is 1. The highest BCUT2D eigenvalue weighted by molar-refractivity contribution is 5.95. The average Bonchev–Trinajstić information content (AvgIpc) is 3.18. The molecule has 0 radical (unpaired) electrons. The molecule has 5 heteroatoms. The molecule has 3 rings (SSSR count). The molecule has 1 unspecified atom stereocenters. The van der Waals surface area contributed by atoms with Gasteiger partial charge in [0.15, 0.2) is 0 Å². The van der Waals surface area contributed by atoms with E-state index in [-0.39, 0.29) is 17.7 Å². The molecule has 114 valence electrons. The van der Waals surface area contributed by atoms with E-state index < -0.39 is 0 Å². The van der Waals surface area contributed by atoms with Gasteiger partial charge in [0, 0.05) is 37.2 Å². The second-order valence-electron chi connectivity index (χ2n) is 5.51. The van der Waals surface area contributed by atoms with Gasteiger partial charge in [-0.3, -0.25) is 9.59 Å². The van der Waals surface area contributed by atoms with Crippen LogP contribution < -0.4 is 5.32 Å². The fourth-order valence-electron chi connectivity index (χ4n) is 2.78. The zero-order valence-electron chi connectivity index (χ0n) is 12.4. The van der Waals surface area contributed by atoms with Crippen LogP contribution in [-0.4, -0.2) is 29.8 Å². The van der Waals surface area contributed by atoms with Crippen molar-refractivity contribution >= 4 is 17.5 Å². The molecule has 5 nitrogen and oxygen atoms in total. The van der Waals surface area contributed by atoms with Crippen molar-refractivity contribution < 1.29 is 14.0 Å². The van der Waals surface area contributed by atoms with Gasteiger partial charge in [-0.1, -0.05) is 0 Å². The van der Waals surface area contributed by atoms with E-state index >= 15 is 0 Å². The predicted molar refractivity (Wildman–Crippen MR) is 82.7 cm³/mol. The number of carbonyl (C=O) groups excluding carboxylic acids is 2. The number of furan rings is 1. The minimum atomic E-state index is -0.125. The molecule has 1 fully saturated rings. The Labute approximate surface area is 128 Å². The van der Waals surface area contributed by atoms with Gasteiger partial charge in [-0.05, 0) is 42.8 Å². The van der Waals surface area contributed by atoms with Gasteiger partial charge in [0.05, 0.1) is 6.26 Å². The van der Waals surface area contributed by atoms with Crippen LogP contribution in [0, 0.1) is 0 Å². The maximum Gasteiger partial charge on any atom is 0.253 e. The Morgan fingerprint density at radius 2 is 2.00 bits per heavy atom. The summed E-state index contributed by atoms with van der Waals surface area (Å²) in [5.74, 6) is 1.11. The fraction of sp³-hybridized carbons (Fsp3) is 0.294. The highest BCUT2D eigenvalue weighted by Crippen LogP contribution is 2.28. The number of anilines is 1. The third-order valence-corrected chi connectivity index (χ3v) is 3.87. The summed E-state index contributed by atoms with van der Waals surface area (Å²) in [7, 11) is 0. The Bertz CT molecular complexity index is 662. The highest BCUT2D eigenvalue weighted by atomic mass is 16.3. The van der Waals surface area contributed by atoms with Gasteiger partial charge in [0.1, 0.15) is 5.76 Å². The highest BCUT2D eigenvalue weighted by Gasteiger charge is 2.29. The topological polar surface area (TPSA) is 62.6 Å². The monoisotopic (exact) mass is 298 g/mol. The molecular formula is C17H18N2O3. The van der Waals surface area contributed by atoms with Gasteiger partial charge in [0.25, 0.3) is 5.91 Å². The number of hydrogen-bond acceptors (Lipinski definition) is 3. The summed E-state index contributed by atoms with van der Waals surface area (Å²) in [5, 5.41) is 2.69. The molecular weight excluding hydrogens is 280 g/mol. The Morgan fingerprint density at radius 3 is 2.64 bits per heavy atom. The van der Waals surface area contributed by atoms with Crippen molar-refractivity contribution in [2.45, 2.75) is 19.3 Å². The lowest BCUT2D eigenvalue weighted by molar-refractivity contribution is -0.114. The summed E-state index contributed by atoms with van der Waals surface area (Å²) in [4.78, 5) is 25.3. The molecule has 1 saturated heterocycles. The summed E-state index contributed by atoms with van der Waals surface area (Å²) in [6, 6.07) is 10.8. The van der Waals surface area contributed by atoms with E-state index in [1.165, 1.54) is 6.92 Å². The standard InChI is InChI=1S/C17H18N2O3/c1-12(20)18-15-6-4-13(5-7-15)17(21)19-9-8-14(11-19)16-3-2-10-22-16/h2-7,10,14H,8-9,11H2,1H3,(H,18,20). The van der Waals surface area contributed by atoms with E-state index in [4.69, 9.17) is 4.42 Å². The van der Waals surface area contributed by atoms with Crippen LogP contribution in [0.15, 0.2) is 47.1 Å². The zero-order valence-corrected chi connectivity index (χ0v) is 12.4. The zero-order chi connectivity index (χ0) is 15.5. The molecule has 1 aromatic heterocycles. The number of amides is 2. The van der Waals surface area contributed by atoms with Crippen LogP contribution >= 0.6 is 0 Å². The number of nitrogens with one attached hydrogen (secondary N) is 1. The molecule has 1 aliphatic rings. The first kappa shape index (κ1) is 14.4. The van der Waals surface area contributed by atoms with E-state index in [0.717, 1.165) is 18.7 Å². The van der Waals surface area contributed by atoms with Gasteiger partial charge >= 0.3 is 0 Å². The van der Waals surface area contributed by atoms with E-state index in [1.807, 2.05) is 17.0 Å². The van der Waals surface area contributed by atoms with Crippen molar-refractivity contribution in [3.05, 3.63) is 54.0 Å². The van der Waals surface area contributed by atoms with Crippen molar-refractivity contribution in [3.8, 4) is 0 Å². The minimum Gasteiger partial charge on any atom is -0.469 e. The van der Waals surface area contributed by atoms with Crippen molar-refractivity contribution in [2.75, 3.05) is 18.4 Å². The van der Waals surface area contributed by atoms with Crippen molar-refractivity contribution in [1.29, 1.82) is 0 Å². The summed E-state index contributed by atoms with van der Waals surface area (Å²) in [5.41, 5.74) is 1.33. The van der Waals surface area contributed by atoms with Crippen LogP contribution in [0.3, 0.4) is 0 Å². The Morgan fingerprint density at radius 1 is 1.23 bits per heavy atom. The summed E-state index contributed by atoms with van der Waals surface area (Å²) >= 11 is 0. The molecule has 0 spiro atoms. The number of benzene rings is 1. The van der Waals surface area contributed by atoms with E-state index in [0.29, 0.717) is 17.8 Å². The summed E-state index contributed by atoms with van der Waals surface area (Å²) in [6.07, 6.45) is 2.59. The normalized spacial score (nSPS) is 17.5. The van der Waals surface area contributed by atoms with Gasteiger partial charge in [-0.25, -0.2) is 0 Å². The number of rotatable bonds is 3. The SMILES string of the molecule is CC(=O)Nc1ccc(C(=O)N2CCC(c3ccco3)C2)cc1. The second kappa shape index (κ2) is 6.05. The van der Waals surface area contributed by atoms with Gasteiger partial charge in [-0.2, -0.15) is 0 Å². The van der Waals surface area contributed by atoms with Crippen molar-refractivity contribution in [3.63, 3.8) is 0 Å². The van der Waals surface area contributed by atoms with Crippen LogP contribution in [0.25, 0.3) is 0 Å². The van der Waals surface area contributed by atoms with E-state index in [1.54, 1.807) is 30.5 Å². The minimum absolute atomic E-state index is 0.0171. The van der Waals surface area contributed by atoms with Crippen LogP contribution in [0.5, 0.6) is 0 Å². The van der Waals surface area contributed by atoms with Gasteiger partial charge in [-0.15, -0.1) is 0 Å². The first-order valence-electron chi connectivity index (χ1n) is 7.34. The lowest BCUT2D eigenvalue weighted by Gasteiger charge is -2.16.